The maximum Gasteiger partial charge on any atom is -0.0262 e. The van der Waals surface area contributed by atoms with Crippen LogP contribution in [0.5, 0.6) is 0 Å². The van der Waals surface area contributed by atoms with Gasteiger partial charge in [-0.25, -0.2) is 0 Å². The average Bonchev–Trinajstić information content (AvgIpc) is 2.60. The summed E-state index contributed by atoms with van der Waals surface area (Å²) in [5.41, 5.74) is 3.64. The maximum absolute atomic E-state index is 3.79. The molecule has 0 aliphatic heterocycles. The molecule has 0 aromatic carbocycles. The molecule has 0 aromatic heterocycles. The highest BCUT2D eigenvalue weighted by atomic mass is 31.0. The molecule has 0 rings (SSSR count). The first kappa shape index (κ1) is 31.3. The summed E-state index contributed by atoms with van der Waals surface area (Å²) in [6.07, 6.45) is 9.19. The van der Waals surface area contributed by atoms with Gasteiger partial charge in [0, 0.05) is 0 Å². The molecule has 25 heavy (non-hydrogen) atoms. The fraction of sp³-hybridized carbons (Fsp3) is 0.217. The lowest BCUT2D eigenvalue weighted by Gasteiger charge is -1.96. The van der Waals surface area contributed by atoms with E-state index in [4.69, 9.17) is 0 Å². The van der Waals surface area contributed by atoms with Gasteiger partial charge in [0.2, 0.25) is 0 Å². The monoisotopic (exact) mass is 376 g/mol. The smallest absolute Gasteiger partial charge is 0.0262 e. The Morgan fingerprint density at radius 3 is 1.16 bits per heavy atom. The van der Waals surface area contributed by atoms with E-state index >= 15 is 0 Å². The van der Waals surface area contributed by atoms with Crippen LogP contribution in [0.3, 0.4) is 0 Å². The van der Waals surface area contributed by atoms with Gasteiger partial charge < -0.3 is 0 Å². The third kappa shape index (κ3) is 27.6. The second-order valence-corrected chi connectivity index (χ2v) is 5.86. The normalized spacial score (nSPS) is 8.60. The van der Waals surface area contributed by atoms with E-state index in [1.807, 2.05) is 58.9 Å². The zero-order chi connectivity index (χ0) is 21.0. The second kappa shape index (κ2) is 22.5. The highest BCUT2D eigenvalue weighted by Gasteiger charge is 1.88. The van der Waals surface area contributed by atoms with Gasteiger partial charge in [0.25, 0.3) is 0 Å². The summed E-state index contributed by atoms with van der Waals surface area (Å²) in [4.78, 5) is 0. The number of hydrogen-bond acceptors (Lipinski definition) is 0. The Labute approximate surface area is 162 Å². The van der Waals surface area contributed by atoms with Gasteiger partial charge in [0.15, 0.2) is 0 Å². The molecular weight excluding hydrogens is 338 g/mol. The van der Waals surface area contributed by atoms with Gasteiger partial charge in [-0.1, -0.05) is 110 Å². The number of hydrogen-bond donors (Lipinski definition) is 0. The molecule has 0 saturated carbocycles. The molecule has 2 unspecified atom stereocenters. The molecule has 0 aromatic rings. The topological polar surface area (TPSA) is 0 Å². The van der Waals surface area contributed by atoms with Gasteiger partial charge in [0.1, 0.15) is 0 Å². The molecular formula is C23H38P2. The molecule has 0 saturated heterocycles. The van der Waals surface area contributed by atoms with E-state index in [1.54, 1.807) is 6.08 Å². The summed E-state index contributed by atoms with van der Waals surface area (Å²) < 4.78 is 0. The molecule has 0 spiro atoms. The third-order valence-corrected chi connectivity index (χ3v) is 2.59. The highest BCUT2D eigenvalue weighted by Crippen LogP contribution is 2.11. The lowest BCUT2D eigenvalue weighted by molar-refractivity contribution is 1.47. The largest absolute Gasteiger partial charge is 0.106 e. The summed E-state index contributed by atoms with van der Waals surface area (Å²) in [6, 6.07) is 0. The van der Waals surface area contributed by atoms with E-state index in [0.717, 1.165) is 32.9 Å². The summed E-state index contributed by atoms with van der Waals surface area (Å²) in [5, 5.41) is 1.87. The molecule has 0 amide bonds. The van der Waals surface area contributed by atoms with E-state index in [0.29, 0.717) is 0 Å². The van der Waals surface area contributed by atoms with Crippen molar-refractivity contribution >= 4 is 18.5 Å². The van der Waals surface area contributed by atoms with Gasteiger partial charge in [-0.3, -0.25) is 0 Å². The fourth-order valence-corrected chi connectivity index (χ4v) is 0.988. The van der Waals surface area contributed by atoms with Crippen molar-refractivity contribution in [3.8, 4) is 0 Å². The molecule has 2 atom stereocenters. The van der Waals surface area contributed by atoms with Crippen molar-refractivity contribution in [3.05, 3.63) is 109 Å². The molecule has 0 nitrogen and oxygen atoms in total. The van der Waals surface area contributed by atoms with Crippen molar-refractivity contribution in [3.63, 3.8) is 0 Å². The Kier molecular flexibility index (Phi) is 28.2. The van der Waals surface area contributed by atoms with Crippen molar-refractivity contribution in [2.24, 2.45) is 0 Å². The zero-order valence-electron chi connectivity index (χ0n) is 17.0. The van der Waals surface area contributed by atoms with E-state index in [-0.39, 0.29) is 0 Å². The summed E-state index contributed by atoms with van der Waals surface area (Å²) >= 11 is 0. The van der Waals surface area contributed by atoms with Crippen LogP contribution in [0.4, 0.5) is 0 Å². The minimum absolute atomic E-state index is 0.840. The molecule has 0 heterocycles. The molecule has 0 aliphatic rings. The lowest BCUT2D eigenvalue weighted by Crippen LogP contribution is -1.75. The Hall–Kier alpha value is -1.48. The molecule has 0 N–H and O–H groups in total. The van der Waals surface area contributed by atoms with Gasteiger partial charge in [-0.15, -0.1) is 18.5 Å². The first-order valence-electron chi connectivity index (χ1n) is 8.22. The maximum atomic E-state index is 3.79. The van der Waals surface area contributed by atoms with Gasteiger partial charge in [-0.05, 0) is 34.3 Å². The predicted octanol–water partition coefficient (Wildman–Crippen LogP) is 8.35. The SMILES string of the molecule is C=C(P)/C=C\C(=C)C(=C)C.C=CC(=C)C(=C)/C=C\C(=C)P.CC.CC. The summed E-state index contributed by atoms with van der Waals surface area (Å²) in [6.45, 7) is 36.0. The minimum Gasteiger partial charge on any atom is -0.106 e. The van der Waals surface area contributed by atoms with E-state index in [2.05, 4.69) is 64.5 Å². The van der Waals surface area contributed by atoms with Crippen LogP contribution in [0.15, 0.2) is 109 Å². The van der Waals surface area contributed by atoms with Crippen molar-refractivity contribution < 1.29 is 0 Å². The Morgan fingerprint density at radius 1 is 0.600 bits per heavy atom. The van der Waals surface area contributed by atoms with Crippen LogP contribution in [0, 0.1) is 0 Å². The Morgan fingerprint density at radius 2 is 0.920 bits per heavy atom. The summed E-state index contributed by atoms with van der Waals surface area (Å²) in [5.74, 6) is 0. The van der Waals surface area contributed by atoms with Crippen molar-refractivity contribution in [1.82, 2.24) is 0 Å². The van der Waals surface area contributed by atoms with E-state index in [9.17, 15) is 0 Å². The first-order valence-corrected chi connectivity index (χ1v) is 9.37. The molecule has 0 radical (unpaired) electrons. The van der Waals surface area contributed by atoms with Crippen molar-refractivity contribution in [2.75, 3.05) is 0 Å². The third-order valence-electron chi connectivity index (χ3n) is 2.20. The van der Waals surface area contributed by atoms with Crippen LogP contribution in [0.2, 0.25) is 0 Å². The molecule has 0 bridgehead atoms. The first-order chi connectivity index (χ1) is 11.6. The second-order valence-electron chi connectivity index (χ2n) is 4.38. The quantitative estimate of drug-likeness (QED) is 0.309. The molecule has 0 aliphatic carbocycles. The molecule has 2 heteroatoms. The Bertz CT molecular complexity index is 526. The van der Waals surface area contributed by atoms with Gasteiger partial charge in [-0.2, -0.15) is 0 Å². The van der Waals surface area contributed by atoms with Crippen LogP contribution in [-0.2, 0) is 0 Å². The zero-order valence-corrected chi connectivity index (χ0v) is 19.3. The average molecular weight is 377 g/mol. The van der Waals surface area contributed by atoms with Gasteiger partial charge >= 0.3 is 0 Å². The van der Waals surface area contributed by atoms with Crippen LogP contribution < -0.4 is 0 Å². The lowest BCUT2D eigenvalue weighted by atomic mass is 10.1. The minimum atomic E-state index is 0.840. The van der Waals surface area contributed by atoms with Crippen LogP contribution >= 0.6 is 18.5 Å². The highest BCUT2D eigenvalue weighted by molar-refractivity contribution is 7.23. The van der Waals surface area contributed by atoms with Crippen LogP contribution in [0.25, 0.3) is 0 Å². The Balaban J connectivity index is -0.000000147. The number of allylic oxidation sites excluding steroid dienone is 11. The molecule has 0 fully saturated rings. The standard InChI is InChI=1S/C10H13P.C9H13P.2C2H6/c1-5-8(2)9(3)6-7-10(4)11;1-7(2)8(3)5-6-9(4)10;2*1-2/h5-7H,1-4,11H2;5-6H,1,3-4,10H2,2H3;2*1-2H3/b7-6-;6-5-;;. The van der Waals surface area contributed by atoms with Crippen LogP contribution in [0.1, 0.15) is 34.6 Å². The van der Waals surface area contributed by atoms with Crippen molar-refractivity contribution in [1.29, 1.82) is 0 Å². The van der Waals surface area contributed by atoms with Crippen LogP contribution in [-0.4, -0.2) is 0 Å². The fourth-order valence-electron chi connectivity index (χ4n) is 0.796. The number of rotatable bonds is 7. The predicted molar refractivity (Wildman–Crippen MR) is 131 cm³/mol. The molecule has 140 valence electrons. The van der Waals surface area contributed by atoms with E-state index in [1.165, 1.54) is 0 Å². The summed E-state index contributed by atoms with van der Waals surface area (Å²) in [7, 11) is 5.00. The van der Waals surface area contributed by atoms with Crippen molar-refractivity contribution in [2.45, 2.75) is 34.6 Å². The van der Waals surface area contributed by atoms with E-state index < -0.39 is 0 Å². The van der Waals surface area contributed by atoms with Gasteiger partial charge in [0.05, 0.1) is 0 Å².